The zero-order chi connectivity index (χ0) is 19.5. The van der Waals surface area contributed by atoms with Crippen molar-refractivity contribution in [1.82, 2.24) is 5.32 Å². The lowest BCUT2D eigenvalue weighted by Gasteiger charge is -2.23. The number of halogens is 1. The minimum absolute atomic E-state index is 0.217. The molecule has 2 aromatic rings. The van der Waals surface area contributed by atoms with Crippen molar-refractivity contribution < 1.29 is 13.2 Å². The number of aryl methyl sites for hydroxylation is 2. The molecule has 1 amide bonds. The van der Waals surface area contributed by atoms with E-state index in [1.54, 1.807) is 24.3 Å². The Morgan fingerprint density at radius 3 is 2.42 bits per heavy atom. The summed E-state index contributed by atoms with van der Waals surface area (Å²) in [7, 11) is -3.59. The third-order valence-corrected chi connectivity index (χ3v) is 5.83. The van der Waals surface area contributed by atoms with E-state index in [1.807, 2.05) is 39.0 Å². The molecule has 0 saturated carbocycles. The van der Waals surface area contributed by atoms with Gasteiger partial charge in [-0.15, -0.1) is 0 Å². The maximum absolute atomic E-state index is 12.5. The highest BCUT2D eigenvalue weighted by Crippen LogP contribution is 2.22. The van der Waals surface area contributed by atoms with Crippen molar-refractivity contribution in [3.8, 4) is 0 Å². The van der Waals surface area contributed by atoms with Gasteiger partial charge < -0.3 is 5.32 Å². The molecule has 0 saturated heterocycles. The van der Waals surface area contributed by atoms with E-state index in [0.717, 1.165) is 26.2 Å². The standard InChI is InChI=1S/C19H23BrN2O3S/c1-13-8-9-16(10-14(13)2)15(3)21-19(23)12-22(26(4,24)25)18-7-5-6-17(20)11-18/h5-11,15H,12H2,1-4H3,(H,21,23). The van der Waals surface area contributed by atoms with E-state index in [9.17, 15) is 13.2 Å². The Hall–Kier alpha value is -1.86. The second kappa shape index (κ2) is 8.22. The number of amides is 1. The molecule has 7 heteroatoms. The summed E-state index contributed by atoms with van der Waals surface area (Å²) in [5.74, 6) is -0.360. The molecule has 1 N–H and O–H groups in total. The average molecular weight is 439 g/mol. The van der Waals surface area contributed by atoms with Crippen molar-refractivity contribution in [3.05, 3.63) is 63.6 Å². The third kappa shape index (κ3) is 5.32. The Labute approximate surface area is 163 Å². The number of anilines is 1. The van der Waals surface area contributed by atoms with E-state index in [0.29, 0.717) is 5.69 Å². The lowest BCUT2D eigenvalue weighted by atomic mass is 10.0. The molecule has 0 aliphatic carbocycles. The molecular weight excluding hydrogens is 416 g/mol. The van der Waals surface area contributed by atoms with Crippen LogP contribution in [0.2, 0.25) is 0 Å². The fourth-order valence-electron chi connectivity index (χ4n) is 2.57. The zero-order valence-corrected chi connectivity index (χ0v) is 17.7. The molecule has 0 spiro atoms. The zero-order valence-electron chi connectivity index (χ0n) is 15.3. The maximum atomic E-state index is 12.5. The fraction of sp³-hybridized carbons (Fsp3) is 0.316. The second-order valence-electron chi connectivity index (χ2n) is 6.38. The lowest BCUT2D eigenvalue weighted by Crippen LogP contribution is -2.41. The summed E-state index contributed by atoms with van der Waals surface area (Å²) in [5.41, 5.74) is 3.76. The van der Waals surface area contributed by atoms with Gasteiger partial charge in [0.1, 0.15) is 6.54 Å². The molecule has 5 nitrogen and oxygen atoms in total. The van der Waals surface area contributed by atoms with E-state index >= 15 is 0 Å². The Balaban J connectivity index is 2.15. The van der Waals surface area contributed by atoms with Crippen molar-refractivity contribution in [2.45, 2.75) is 26.8 Å². The van der Waals surface area contributed by atoms with E-state index in [-0.39, 0.29) is 18.5 Å². The molecular formula is C19H23BrN2O3S. The van der Waals surface area contributed by atoms with Gasteiger partial charge >= 0.3 is 0 Å². The SMILES string of the molecule is Cc1ccc(C(C)NC(=O)CN(c2cccc(Br)c2)S(C)(=O)=O)cc1C. The second-order valence-corrected chi connectivity index (χ2v) is 9.20. The topological polar surface area (TPSA) is 66.5 Å². The van der Waals surface area contributed by atoms with Crippen LogP contribution in [0, 0.1) is 13.8 Å². The molecule has 0 heterocycles. The fourth-order valence-corrected chi connectivity index (χ4v) is 3.80. The highest BCUT2D eigenvalue weighted by molar-refractivity contribution is 9.10. The van der Waals surface area contributed by atoms with Gasteiger partial charge in [0, 0.05) is 4.47 Å². The first kappa shape index (κ1) is 20.5. The maximum Gasteiger partial charge on any atom is 0.241 e. The highest BCUT2D eigenvalue weighted by atomic mass is 79.9. The number of carbonyl (C=O) groups is 1. The van der Waals surface area contributed by atoms with E-state index in [1.165, 1.54) is 5.56 Å². The molecule has 2 aromatic carbocycles. The van der Waals surface area contributed by atoms with Gasteiger partial charge in [-0.2, -0.15) is 0 Å². The van der Waals surface area contributed by atoms with Gasteiger partial charge in [0.25, 0.3) is 0 Å². The van der Waals surface area contributed by atoms with Crippen molar-refractivity contribution in [2.24, 2.45) is 0 Å². The average Bonchev–Trinajstić information content (AvgIpc) is 2.54. The molecule has 0 aliphatic heterocycles. The molecule has 0 radical (unpaired) electrons. The van der Waals surface area contributed by atoms with Gasteiger partial charge in [0.2, 0.25) is 15.9 Å². The number of sulfonamides is 1. The van der Waals surface area contributed by atoms with Crippen molar-refractivity contribution >= 4 is 37.5 Å². The summed E-state index contributed by atoms with van der Waals surface area (Å²) in [4.78, 5) is 12.5. The Morgan fingerprint density at radius 2 is 1.85 bits per heavy atom. The van der Waals surface area contributed by atoms with Crippen molar-refractivity contribution in [2.75, 3.05) is 17.1 Å². The molecule has 0 bridgehead atoms. The number of nitrogens with one attached hydrogen (secondary N) is 1. The van der Waals surface area contributed by atoms with Gasteiger partial charge in [-0.05, 0) is 55.7 Å². The van der Waals surface area contributed by atoms with Crippen LogP contribution in [0.5, 0.6) is 0 Å². The third-order valence-electron chi connectivity index (χ3n) is 4.19. The van der Waals surface area contributed by atoms with Crippen LogP contribution >= 0.6 is 15.9 Å². The number of nitrogens with zero attached hydrogens (tertiary/aromatic N) is 1. The largest absolute Gasteiger partial charge is 0.348 e. The number of rotatable bonds is 6. The summed E-state index contributed by atoms with van der Waals surface area (Å²) < 4.78 is 26.1. The Bertz CT molecular complexity index is 913. The predicted octanol–water partition coefficient (Wildman–Crippen LogP) is 3.71. The Kier molecular flexibility index (Phi) is 6.47. The van der Waals surface area contributed by atoms with Crippen LogP contribution in [0.4, 0.5) is 5.69 Å². The number of benzene rings is 2. The molecule has 26 heavy (non-hydrogen) atoms. The molecule has 0 aliphatic rings. The number of carbonyl (C=O) groups excluding carboxylic acids is 1. The first-order valence-electron chi connectivity index (χ1n) is 8.17. The van der Waals surface area contributed by atoms with Gasteiger partial charge in [0.05, 0.1) is 18.0 Å². The van der Waals surface area contributed by atoms with Crippen LogP contribution in [0.15, 0.2) is 46.9 Å². The van der Waals surface area contributed by atoms with E-state index < -0.39 is 10.0 Å². The van der Waals surface area contributed by atoms with Crippen LogP contribution in [0.1, 0.15) is 29.7 Å². The molecule has 0 fully saturated rings. The minimum Gasteiger partial charge on any atom is -0.348 e. The molecule has 140 valence electrons. The van der Waals surface area contributed by atoms with Crippen molar-refractivity contribution in [1.29, 1.82) is 0 Å². The van der Waals surface area contributed by atoms with Crippen molar-refractivity contribution in [3.63, 3.8) is 0 Å². The van der Waals surface area contributed by atoms with Gasteiger partial charge in [-0.3, -0.25) is 9.10 Å². The highest BCUT2D eigenvalue weighted by Gasteiger charge is 2.22. The smallest absolute Gasteiger partial charge is 0.241 e. The quantitative estimate of drug-likeness (QED) is 0.747. The predicted molar refractivity (Wildman–Crippen MR) is 109 cm³/mol. The van der Waals surface area contributed by atoms with E-state index in [4.69, 9.17) is 0 Å². The van der Waals surface area contributed by atoms with Gasteiger partial charge in [-0.1, -0.05) is 40.2 Å². The summed E-state index contributed by atoms with van der Waals surface area (Å²) >= 11 is 3.32. The summed E-state index contributed by atoms with van der Waals surface area (Å²) in [6.07, 6.45) is 1.09. The molecule has 1 unspecified atom stereocenters. The molecule has 1 atom stereocenters. The summed E-state index contributed by atoms with van der Waals surface area (Å²) in [5, 5.41) is 2.87. The van der Waals surface area contributed by atoms with Crippen LogP contribution in [-0.2, 0) is 14.8 Å². The van der Waals surface area contributed by atoms with Gasteiger partial charge in [-0.25, -0.2) is 8.42 Å². The minimum atomic E-state index is -3.59. The van der Waals surface area contributed by atoms with Crippen LogP contribution < -0.4 is 9.62 Å². The van der Waals surface area contributed by atoms with Crippen LogP contribution in [0.3, 0.4) is 0 Å². The number of hydrogen-bond acceptors (Lipinski definition) is 3. The monoisotopic (exact) mass is 438 g/mol. The van der Waals surface area contributed by atoms with Gasteiger partial charge in [0.15, 0.2) is 0 Å². The summed E-state index contributed by atoms with van der Waals surface area (Å²) in [6.45, 7) is 5.66. The first-order valence-corrected chi connectivity index (χ1v) is 10.8. The lowest BCUT2D eigenvalue weighted by molar-refractivity contribution is -0.120. The normalized spacial score (nSPS) is 12.5. The molecule has 2 rings (SSSR count). The first-order chi connectivity index (χ1) is 12.1. The van der Waals surface area contributed by atoms with Crippen LogP contribution in [0.25, 0.3) is 0 Å². The van der Waals surface area contributed by atoms with Crippen LogP contribution in [-0.4, -0.2) is 27.1 Å². The Morgan fingerprint density at radius 1 is 1.15 bits per heavy atom. The summed E-state index contributed by atoms with van der Waals surface area (Å²) in [6, 6.07) is 12.6. The van der Waals surface area contributed by atoms with E-state index in [2.05, 4.69) is 21.2 Å². The molecule has 0 aromatic heterocycles. The number of hydrogen-bond donors (Lipinski definition) is 1.